The first-order valence-electron chi connectivity index (χ1n) is 12.8. The molecule has 0 bridgehead atoms. The lowest BCUT2D eigenvalue weighted by atomic mass is 10.1. The van der Waals surface area contributed by atoms with Crippen LogP contribution in [0.25, 0.3) is 11.2 Å². The number of aryl methyl sites for hydroxylation is 1. The fourth-order valence-electron chi connectivity index (χ4n) is 4.92. The van der Waals surface area contributed by atoms with Crippen molar-refractivity contribution in [2.45, 2.75) is 76.9 Å². The molecule has 218 valence electrons. The summed E-state index contributed by atoms with van der Waals surface area (Å²) in [5, 5.41) is 0. The minimum absolute atomic E-state index is 0.0857. The number of fused-ring (bicyclic) bond motifs is 1. The Morgan fingerprint density at radius 3 is 2.52 bits per heavy atom. The van der Waals surface area contributed by atoms with Gasteiger partial charge in [0.1, 0.15) is 30.7 Å². The smallest absolute Gasteiger partial charge is 0.376 e. The summed E-state index contributed by atoms with van der Waals surface area (Å²) in [7, 11) is -4.59. The van der Waals surface area contributed by atoms with Crippen LogP contribution in [0.4, 0.5) is 5.95 Å². The molecule has 7 atom stereocenters. The van der Waals surface area contributed by atoms with Crippen molar-refractivity contribution in [2.75, 3.05) is 18.9 Å². The third-order valence-corrected chi connectivity index (χ3v) is 7.74. The van der Waals surface area contributed by atoms with Crippen molar-refractivity contribution in [1.82, 2.24) is 34.1 Å². The molecule has 3 aromatic heterocycles. The van der Waals surface area contributed by atoms with Crippen LogP contribution < -0.4 is 17.0 Å². The third-order valence-electron chi connectivity index (χ3n) is 6.73. The van der Waals surface area contributed by atoms with Gasteiger partial charge >= 0.3 is 13.5 Å². The maximum Gasteiger partial charge on any atom is 0.472 e. The number of H-pyrrole nitrogens is 1. The Bertz CT molecular complexity index is 1530. The molecule has 40 heavy (non-hydrogen) atoms. The van der Waals surface area contributed by atoms with Crippen molar-refractivity contribution < 1.29 is 32.7 Å². The third kappa shape index (κ3) is 5.85. The number of nitrogen functional groups attached to an aromatic ring is 1. The van der Waals surface area contributed by atoms with Gasteiger partial charge in [0.25, 0.3) is 5.56 Å². The summed E-state index contributed by atoms with van der Waals surface area (Å²) in [5.74, 6) is 0.254. The molecular formula is C22H31N8O9P. The molecule has 2 saturated heterocycles. The number of anilines is 1. The van der Waals surface area contributed by atoms with Crippen molar-refractivity contribution in [3.8, 4) is 0 Å². The number of phosphoric acid groups is 1. The fraction of sp³-hybridized carbons (Fsp3) is 0.636. The number of imidazole rings is 1. The van der Waals surface area contributed by atoms with Crippen LogP contribution in [-0.2, 0) is 27.8 Å². The standard InChI is InChI=1S/C22H31N8O9P/c1-4-12-14(7-17(37-12)30-10-25-21(23)28-22(30)32)39-40(33,34)36-8-15-13(35-5-2)6-16(38-15)29-9-24-18-19(29)26-11(3)27-20(18)31/h9-10,12-17H,4-8H2,1-3H3,(H,33,34)(H2,23,28,32)(H,26,27,31)/t12-,13-,14-,15-,16-,17-/m1/s1. The van der Waals surface area contributed by atoms with E-state index in [9.17, 15) is 19.0 Å². The van der Waals surface area contributed by atoms with Gasteiger partial charge in [0, 0.05) is 19.4 Å². The second-order valence-electron chi connectivity index (χ2n) is 9.42. The van der Waals surface area contributed by atoms with Crippen LogP contribution in [0.5, 0.6) is 0 Å². The van der Waals surface area contributed by atoms with Gasteiger partial charge in [0.2, 0.25) is 5.95 Å². The van der Waals surface area contributed by atoms with Gasteiger partial charge in [-0.3, -0.25) is 23.0 Å². The summed E-state index contributed by atoms with van der Waals surface area (Å²) in [6.45, 7) is 5.36. The average Bonchev–Trinajstić information content (AvgIpc) is 3.59. The van der Waals surface area contributed by atoms with Gasteiger partial charge in [-0.25, -0.2) is 24.3 Å². The molecule has 18 heteroatoms. The van der Waals surface area contributed by atoms with Crippen molar-refractivity contribution in [3.63, 3.8) is 0 Å². The number of ether oxygens (including phenoxy) is 3. The highest BCUT2D eigenvalue weighted by Crippen LogP contribution is 2.49. The molecule has 2 fully saturated rings. The van der Waals surface area contributed by atoms with Gasteiger partial charge in [-0.05, 0) is 20.3 Å². The van der Waals surface area contributed by atoms with Crippen LogP contribution >= 0.6 is 7.82 Å². The van der Waals surface area contributed by atoms with Crippen LogP contribution in [0, 0.1) is 6.92 Å². The van der Waals surface area contributed by atoms with Crippen molar-refractivity contribution >= 4 is 24.9 Å². The zero-order chi connectivity index (χ0) is 28.6. The number of nitrogens with two attached hydrogens (primary N) is 1. The Kier molecular flexibility index (Phi) is 8.15. The molecule has 0 aromatic carbocycles. The van der Waals surface area contributed by atoms with Crippen LogP contribution in [0.15, 0.2) is 22.2 Å². The lowest BCUT2D eigenvalue weighted by Gasteiger charge is -2.23. The van der Waals surface area contributed by atoms with Crippen LogP contribution in [0.1, 0.15) is 51.4 Å². The monoisotopic (exact) mass is 582 g/mol. The number of hydrogen-bond acceptors (Lipinski definition) is 13. The van der Waals surface area contributed by atoms with E-state index in [4.69, 9.17) is 29.0 Å². The van der Waals surface area contributed by atoms with E-state index in [1.54, 1.807) is 11.5 Å². The molecule has 2 aliphatic rings. The van der Waals surface area contributed by atoms with Crippen LogP contribution in [0.3, 0.4) is 0 Å². The van der Waals surface area contributed by atoms with Gasteiger partial charge in [-0.1, -0.05) is 6.92 Å². The first-order chi connectivity index (χ1) is 19.1. The molecule has 17 nitrogen and oxygen atoms in total. The fourth-order valence-corrected chi connectivity index (χ4v) is 5.88. The number of aromatic amines is 1. The Balaban J connectivity index is 1.25. The number of aromatic nitrogens is 7. The Hall–Kier alpha value is -3.05. The highest BCUT2D eigenvalue weighted by Gasteiger charge is 2.43. The summed E-state index contributed by atoms with van der Waals surface area (Å²) < 4.78 is 44.3. The van der Waals surface area contributed by atoms with Crippen molar-refractivity contribution in [2.24, 2.45) is 0 Å². The Morgan fingerprint density at radius 1 is 1.10 bits per heavy atom. The van der Waals surface area contributed by atoms with Crippen molar-refractivity contribution in [3.05, 3.63) is 39.3 Å². The SMILES string of the molecule is CCO[C@@H]1C[C@H](n2cnc3c(=O)[nH]c(C)nc32)O[C@@H]1COP(=O)(O)O[C@@H]1C[C@H](n2cnc(N)nc2=O)O[C@@H]1CC. The molecule has 2 aliphatic heterocycles. The van der Waals surface area contributed by atoms with E-state index in [0.717, 1.165) is 4.57 Å². The Labute approximate surface area is 227 Å². The lowest BCUT2D eigenvalue weighted by molar-refractivity contribution is -0.0620. The molecule has 5 rings (SSSR count). The maximum atomic E-state index is 13.0. The van der Waals surface area contributed by atoms with Crippen molar-refractivity contribution in [1.29, 1.82) is 0 Å². The molecule has 0 saturated carbocycles. The number of hydrogen-bond donors (Lipinski definition) is 3. The predicted octanol–water partition coefficient (Wildman–Crippen LogP) is 0.554. The summed E-state index contributed by atoms with van der Waals surface area (Å²) in [5.41, 5.74) is 4.95. The van der Waals surface area contributed by atoms with Gasteiger partial charge in [0.15, 0.2) is 11.2 Å². The number of nitrogens with zero attached hydrogens (tertiary/aromatic N) is 6. The second kappa shape index (κ2) is 11.4. The minimum Gasteiger partial charge on any atom is -0.376 e. The minimum atomic E-state index is -4.59. The zero-order valence-electron chi connectivity index (χ0n) is 22.1. The van der Waals surface area contributed by atoms with E-state index < -0.39 is 50.4 Å². The zero-order valence-corrected chi connectivity index (χ0v) is 23.0. The maximum absolute atomic E-state index is 13.0. The van der Waals surface area contributed by atoms with Gasteiger partial charge < -0.3 is 29.8 Å². The van der Waals surface area contributed by atoms with Gasteiger partial charge in [0.05, 0.1) is 31.2 Å². The molecule has 0 aliphatic carbocycles. The summed E-state index contributed by atoms with van der Waals surface area (Å²) in [6, 6.07) is 0. The highest BCUT2D eigenvalue weighted by atomic mass is 31.2. The molecule has 0 radical (unpaired) electrons. The highest BCUT2D eigenvalue weighted by molar-refractivity contribution is 7.47. The van der Waals surface area contributed by atoms with Gasteiger partial charge in [-0.2, -0.15) is 4.98 Å². The first-order valence-corrected chi connectivity index (χ1v) is 14.3. The Morgan fingerprint density at radius 2 is 1.80 bits per heavy atom. The normalized spacial score (nSPS) is 28.3. The second-order valence-corrected chi connectivity index (χ2v) is 10.8. The van der Waals surface area contributed by atoms with Gasteiger partial charge in [-0.15, -0.1) is 0 Å². The summed E-state index contributed by atoms with van der Waals surface area (Å²) in [4.78, 5) is 53.5. The molecule has 0 spiro atoms. The summed E-state index contributed by atoms with van der Waals surface area (Å²) in [6.07, 6.45) is -0.481. The number of phosphoric ester groups is 1. The molecule has 0 amide bonds. The van der Waals surface area contributed by atoms with E-state index >= 15 is 0 Å². The average molecular weight is 583 g/mol. The van der Waals surface area contributed by atoms with E-state index in [1.807, 2.05) is 13.8 Å². The number of nitrogens with one attached hydrogen (secondary N) is 1. The molecular weight excluding hydrogens is 551 g/mol. The predicted molar refractivity (Wildman–Crippen MR) is 137 cm³/mol. The largest absolute Gasteiger partial charge is 0.472 e. The topological polar surface area (TPSA) is 221 Å². The number of rotatable bonds is 10. The molecule has 5 heterocycles. The molecule has 4 N–H and O–H groups in total. The van der Waals surface area contributed by atoms with E-state index in [0.29, 0.717) is 30.9 Å². The van der Waals surface area contributed by atoms with E-state index in [-0.39, 0.29) is 30.1 Å². The quantitative estimate of drug-likeness (QED) is 0.278. The molecule has 1 unspecified atom stereocenters. The van der Waals surface area contributed by atoms with E-state index in [1.165, 1.54) is 12.7 Å². The van der Waals surface area contributed by atoms with E-state index in [2.05, 4.69) is 24.9 Å². The summed E-state index contributed by atoms with van der Waals surface area (Å²) >= 11 is 0. The molecule has 3 aromatic rings. The first kappa shape index (κ1) is 28.5. The lowest BCUT2D eigenvalue weighted by Crippen LogP contribution is -2.29. The van der Waals surface area contributed by atoms with Crippen LogP contribution in [-0.4, -0.2) is 76.6 Å². The van der Waals surface area contributed by atoms with Crippen LogP contribution in [0.2, 0.25) is 0 Å².